The minimum atomic E-state index is 0.236. The maximum Gasteiger partial charge on any atom is 0.263 e. The third-order valence-electron chi connectivity index (χ3n) is 2.86. The lowest BCUT2D eigenvalue weighted by Crippen LogP contribution is -1.99. The Balaban J connectivity index is 2.03. The molecule has 0 saturated heterocycles. The van der Waals surface area contributed by atoms with Crippen LogP contribution in [0.2, 0.25) is 5.02 Å². The van der Waals surface area contributed by atoms with E-state index < -0.39 is 0 Å². The topological polar surface area (TPSA) is 61.0 Å². The van der Waals surface area contributed by atoms with Gasteiger partial charge in [-0.25, -0.2) is 9.97 Å². The lowest BCUT2D eigenvalue weighted by Gasteiger charge is -2.09. The van der Waals surface area contributed by atoms with Crippen LogP contribution in [0.4, 0.5) is 5.82 Å². The van der Waals surface area contributed by atoms with Crippen LogP contribution in [0.5, 0.6) is 11.6 Å². The van der Waals surface area contributed by atoms with Gasteiger partial charge in [-0.15, -0.1) is 0 Å². The van der Waals surface area contributed by atoms with Gasteiger partial charge < -0.3 is 10.5 Å². The van der Waals surface area contributed by atoms with E-state index in [9.17, 15) is 0 Å². The Bertz CT molecular complexity index is 789. The fourth-order valence-corrected chi connectivity index (χ4v) is 2.14. The molecule has 0 spiro atoms. The first kappa shape index (κ1) is 12.7. The van der Waals surface area contributed by atoms with E-state index in [1.807, 2.05) is 43.3 Å². The number of aromatic nitrogens is 2. The van der Waals surface area contributed by atoms with Crippen molar-refractivity contribution in [3.8, 4) is 11.6 Å². The molecule has 0 aliphatic carbocycles. The van der Waals surface area contributed by atoms with Gasteiger partial charge in [-0.1, -0.05) is 29.8 Å². The molecule has 0 fully saturated rings. The van der Waals surface area contributed by atoms with Gasteiger partial charge in [0.1, 0.15) is 5.75 Å². The highest BCUT2D eigenvalue weighted by Gasteiger charge is 2.10. The minimum Gasteiger partial charge on any atom is -0.434 e. The van der Waals surface area contributed by atoms with Gasteiger partial charge >= 0.3 is 0 Å². The van der Waals surface area contributed by atoms with Crippen LogP contribution < -0.4 is 10.5 Å². The molecule has 4 nitrogen and oxygen atoms in total. The summed E-state index contributed by atoms with van der Waals surface area (Å²) in [6.07, 6.45) is 0. The zero-order valence-corrected chi connectivity index (χ0v) is 11.6. The van der Waals surface area contributed by atoms with Crippen LogP contribution in [0.3, 0.4) is 0 Å². The molecule has 1 heterocycles. The number of nitrogens with zero attached hydrogens (tertiary/aromatic N) is 2. The van der Waals surface area contributed by atoms with Gasteiger partial charge in [0.15, 0.2) is 5.82 Å². The SMILES string of the molecule is Cc1ccc(Oc2nc3ccccc3nc2N)c(Cl)c1. The maximum absolute atomic E-state index is 6.14. The van der Waals surface area contributed by atoms with Gasteiger partial charge in [0.25, 0.3) is 5.88 Å². The molecule has 0 radical (unpaired) electrons. The molecule has 2 aromatic carbocycles. The average molecular weight is 286 g/mol. The van der Waals surface area contributed by atoms with Crippen LogP contribution in [0.25, 0.3) is 11.0 Å². The van der Waals surface area contributed by atoms with Gasteiger partial charge in [-0.05, 0) is 36.8 Å². The predicted molar refractivity (Wildman–Crippen MR) is 80.2 cm³/mol. The molecule has 0 aliphatic rings. The van der Waals surface area contributed by atoms with Gasteiger partial charge in [0, 0.05) is 0 Å². The van der Waals surface area contributed by atoms with Crippen molar-refractivity contribution in [2.24, 2.45) is 0 Å². The van der Waals surface area contributed by atoms with Crippen LogP contribution >= 0.6 is 11.6 Å². The average Bonchev–Trinajstić information content (AvgIpc) is 2.42. The summed E-state index contributed by atoms with van der Waals surface area (Å²) >= 11 is 6.14. The highest BCUT2D eigenvalue weighted by molar-refractivity contribution is 6.32. The summed E-state index contributed by atoms with van der Waals surface area (Å²) < 4.78 is 5.67. The molecule has 0 atom stereocenters. The molecule has 0 bridgehead atoms. The zero-order chi connectivity index (χ0) is 14.1. The Kier molecular flexibility index (Phi) is 3.16. The molecule has 0 saturated carbocycles. The molecule has 0 aliphatic heterocycles. The summed E-state index contributed by atoms with van der Waals surface area (Å²) in [6.45, 7) is 1.96. The van der Waals surface area contributed by atoms with E-state index in [0.29, 0.717) is 10.8 Å². The largest absolute Gasteiger partial charge is 0.434 e. The number of benzene rings is 2. The van der Waals surface area contributed by atoms with Crippen molar-refractivity contribution >= 4 is 28.5 Å². The Labute approximate surface area is 121 Å². The molecule has 3 rings (SSSR count). The first-order chi connectivity index (χ1) is 9.63. The number of para-hydroxylation sites is 2. The summed E-state index contributed by atoms with van der Waals surface area (Å²) in [4.78, 5) is 8.63. The van der Waals surface area contributed by atoms with Crippen LogP contribution in [-0.2, 0) is 0 Å². The number of anilines is 1. The monoisotopic (exact) mass is 285 g/mol. The molecule has 0 amide bonds. The zero-order valence-electron chi connectivity index (χ0n) is 10.8. The second-order valence-corrected chi connectivity index (χ2v) is 4.85. The van der Waals surface area contributed by atoms with E-state index in [1.165, 1.54) is 0 Å². The fraction of sp³-hybridized carbons (Fsp3) is 0.0667. The molecule has 2 N–H and O–H groups in total. The van der Waals surface area contributed by atoms with E-state index in [0.717, 1.165) is 16.6 Å². The van der Waals surface area contributed by atoms with Crippen LogP contribution in [0.1, 0.15) is 5.56 Å². The number of rotatable bonds is 2. The summed E-state index contributed by atoms with van der Waals surface area (Å²) in [6, 6.07) is 13.0. The maximum atomic E-state index is 6.14. The van der Waals surface area contributed by atoms with Gasteiger partial charge in [-0.3, -0.25) is 0 Å². The Morgan fingerprint density at radius 1 is 1.05 bits per heavy atom. The number of aryl methyl sites for hydroxylation is 1. The van der Waals surface area contributed by atoms with Crippen LogP contribution in [-0.4, -0.2) is 9.97 Å². The van der Waals surface area contributed by atoms with Crippen molar-refractivity contribution in [1.29, 1.82) is 0 Å². The molecular formula is C15H12ClN3O. The summed E-state index contributed by atoms with van der Waals surface area (Å²) in [7, 11) is 0. The van der Waals surface area contributed by atoms with Gasteiger partial charge in [-0.2, -0.15) is 0 Å². The standard InChI is InChI=1S/C15H12ClN3O/c1-9-6-7-13(10(16)8-9)20-15-14(17)18-11-4-2-3-5-12(11)19-15/h2-8H,1H3,(H2,17,18). The minimum absolute atomic E-state index is 0.236. The number of nitrogens with two attached hydrogens (primary N) is 1. The van der Waals surface area contributed by atoms with Gasteiger partial charge in [0.05, 0.1) is 16.1 Å². The van der Waals surface area contributed by atoms with Crippen LogP contribution in [0.15, 0.2) is 42.5 Å². The van der Waals surface area contributed by atoms with Crippen molar-refractivity contribution < 1.29 is 4.74 Å². The second kappa shape index (κ2) is 4.98. The lowest BCUT2D eigenvalue weighted by molar-refractivity contribution is 0.466. The van der Waals surface area contributed by atoms with E-state index in [-0.39, 0.29) is 11.7 Å². The van der Waals surface area contributed by atoms with E-state index in [1.54, 1.807) is 6.07 Å². The predicted octanol–water partition coefficient (Wildman–Crippen LogP) is 3.97. The normalized spacial score (nSPS) is 10.7. The fourth-order valence-electron chi connectivity index (χ4n) is 1.87. The first-order valence-corrected chi connectivity index (χ1v) is 6.47. The molecule has 20 heavy (non-hydrogen) atoms. The van der Waals surface area contributed by atoms with Crippen molar-refractivity contribution in [3.05, 3.63) is 53.1 Å². The summed E-state index contributed by atoms with van der Waals surface area (Å²) in [5, 5.41) is 0.513. The second-order valence-electron chi connectivity index (χ2n) is 4.44. The number of fused-ring (bicyclic) bond motifs is 1. The smallest absolute Gasteiger partial charge is 0.263 e. The Morgan fingerprint density at radius 3 is 2.45 bits per heavy atom. The van der Waals surface area contributed by atoms with Crippen molar-refractivity contribution in [2.75, 3.05) is 5.73 Å². The van der Waals surface area contributed by atoms with E-state index >= 15 is 0 Å². The molecule has 1 aromatic heterocycles. The summed E-state index contributed by atoms with van der Waals surface area (Å²) in [5.74, 6) is 1.00. The number of hydrogen-bond acceptors (Lipinski definition) is 4. The number of nitrogen functional groups attached to an aromatic ring is 1. The lowest BCUT2D eigenvalue weighted by atomic mass is 10.2. The Morgan fingerprint density at radius 2 is 1.75 bits per heavy atom. The number of hydrogen-bond donors (Lipinski definition) is 1. The van der Waals surface area contributed by atoms with Crippen molar-refractivity contribution in [3.63, 3.8) is 0 Å². The van der Waals surface area contributed by atoms with Gasteiger partial charge in [0.2, 0.25) is 0 Å². The number of halogens is 1. The third kappa shape index (κ3) is 2.38. The molecule has 5 heteroatoms. The van der Waals surface area contributed by atoms with Crippen LogP contribution in [0, 0.1) is 6.92 Å². The first-order valence-electron chi connectivity index (χ1n) is 6.10. The number of ether oxygens (including phenoxy) is 1. The van der Waals surface area contributed by atoms with Crippen molar-refractivity contribution in [1.82, 2.24) is 9.97 Å². The molecule has 3 aromatic rings. The van der Waals surface area contributed by atoms with E-state index in [2.05, 4.69) is 9.97 Å². The highest BCUT2D eigenvalue weighted by atomic mass is 35.5. The molecular weight excluding hydrogens is 274 g/mol. The molecule has 100 valence electrons. The highest BCUT2D eigenvalue weighted by Crippen LogP contribution is 2.31. The van der Waals surface area contributed by atoms with Crippen molar-refractivity contribution in [2.45, 2.75) is 6.92 Å². The quantitative estimate of drug-likeness (QED) is 0.774. The molecule has 0 unspecified atom stereocenters. The van der Waals surface area contributed by atoms with E-state index in [4.69, 9.17) is 22.1 Å². The Hall–Kier alpha value is -2.33. The third-order valence-corrected chi connectivity index (χ3v) is 3.15. The summed E-state index contributed by atoms with van der Waals surface area (Å²) in [5.41, 5.74) is 8.38.